The predicted octanol–water partition coefficient (Wildman–Crippen LogP) is 4.99. The third-order valence-electron chi connectivity index (χ3n) is 4.80. The van der Waals surface area contributed by atoms with Crippen molar-refractivity contribution in [3.63, 3.8) is 0 Å². The molecule has 32 heavy (non-hydrogen) atoms. The minimum atomic E-state index is 0.483. The lowest BCUT2D eigenvalue weighted by atomic mass is 10.1. The Labute approximate surface area is 186 Å². The largest absolute Gasteiger partial charge is 0.492 e. The molecule has 9 nitrogen and oxygen atoms in total. The molecular weight excluding hydrogens is 406 g/mol. The third kappa shape index (κ3) is 5.48. The van der Waals surface area contributed by atoms with E-state index in [1.54, 1.807) is 23.3 Å². The number of aryl methyl sites for hydroxylation is 1. The van der Waals surface area contributed by atoms with Crippen LogP contribution in [0.25, 0.3) is 10.9 Å². The third-order valence-corrected chi connectivity index (χ3v) is 4.80. The van der Waals surface area contributed by atoms with Crippen LogP contribution >= 0.6 is 0 Å². The van der Waals surface area contributed by atoms with Gasteiger partial charge >= 0.3 is 0 Å². The molecule has 0 amide bonds. The second-order valence-electron chi connectivity index (χ2n) is 7.76. The molecule has 0 atom stereocenters. The molecule has 4 rings (SSSR count). The average molecular weight is 434 g/mol. The van der Waals surface area contributed by atoms with Gasteiger partial charge in [-0.2, -0.15) is 9.90 Å². The fourth-order valence-corrected chi connectivity index (χ4v) is 3.14. The van der Waals surface area contributed by atoms with E-state index in [0.29, 0.717) is 42.3 Å². The van der Waals surface area contributed by atoms with Crippen LogP contribution in [0.3, 0.4) is 0 Å². The van der Waals surface area contributed by atoms with E-state index in [0.717, 1.165) is 29.5 Å². The van der Waals surface area contributed by atoms with E-state index >= 15 is 0 Å². The van der Waals surface area contributed by atoms with Gasteiger partial charge in [0.15, 0.2) is 5.82 Å². The molecule has 0 aliphatic heterocycles. The van der Waals surface area contributed by atoms with Gasteiger partial charge in [-0.05, 0) is 49.9 Å². The number of anilines is 2. The number of fused-ring (bicyclic) bond motifs is 1. The van der Waals surface area contributed by atoms with Gasteiger partial charge in [-0.3, -0.25) is 0 Å². The van der Waals surface area contributed by atoms with Gasteiger partial charge in [-0.15, -0.1) is 5.10 Å². The van der Waals surface area contributed by atoms with Crippen LogP contribution in [0, 0.1) is 5.92 Å². The molecule has 0 saturated heterocycles. The second-order valence-corrected chi connectivity index (χ2v) is 7.76. The van der Waals surface area contributed by atoms with Crippen LogP contribution < -0.4 is 14.8 Å². The van der Waals surface area contributed by atoms with Gasteiger partial charge in [0.25, 0.3) is 0 Å². The smallest absolute Gasteiger partial charge is 0.219 e. The van der Waals surface area contributed by atoms with Crippen molar-refractivity contribution in [2.75, 3.05) is 11.9 Å². The first-order valence-electron chi connectivity index (χ1n) is 10.8. The molecule has 0 aliphatic carbocycles. The van der Waals surface area contributed by atoms with Gasteiger partial charge in [-0.1, -0.05) is 13.8 Å². The monoisotopic (exact) mass is 433 g/mol. The molecule has 0 saturated carbocycles. The van der Waals surface area contributed by atoms with Crippen LogP contribution in [0.4, 0.5) is 11.6 Å². The number of nitrogens with one attached hydrogen (secondary N) is 1. The van der Waals surface area contributed by atoms with Gasteiger partial charge in [0.05, 0.1) is 31.1 Å². The van der Waals surface area contributed by atoms with Crippen molar-refractivity contribution in [2.24, 2.45) is 5.92 Å². The van der Waals surface area contributed by atoms with E-state index in [9.17, 15) is 0 Å². The normalized spacial score (nSPS) is 11.1. The Hall–Kier alpha value is -3.75. The topological polar surface area (TPSA) is 99.9 Å². The summed E-state index contributed by atoms with van der Waals surface area (Å²) in [7, 11) is 0. The van der Waals surface area contributed by atoms with Crippen LogP contribution in [0.15, 0.2) is 49.1 Å². The maximum absolute atomic E-state index is 5.94. The Morgan fingerprint density at radius 2 is 1.91 bits per heavy atom. The first kappa shape index (κ1) is 21.5. The molecule has 0 fully saturated rings. The van der Waals surface area contributed by atoms with Crippen LogP contribution in [0.2, 0.25) is 0 Å². The highest BCUT2D eigenvalue weighted by Crippen LogP contribution is 2.28. The molecule has 0 bridgehead atoms. The summed E-state index contributed by atoms with van der Waals surface area (Å²) in [4.78, 5) is 14.6. The average Bonchev–Trinajstić information content (AvgIpc) is 3.26. The van der Waals surface area contributed by atoms with E-state index in [1.807, 2.05) is 31.2 Å². The zero-order chi connectivity index (χ0) is 22.3. The predicted molar refractivity (Wildman–Crippen MR) is 122 cm³/mol. The molecule has 4 aromatic rings. The highest BCUT2D eigenvalue weighted by Gasteiger charge is 2.09. The van der Waals surface area contributed by atoms with Crippen molar-refractivity contribution in [1.29, 1.82) is 0 Å². The number of hydrogen-bond donors (Lipinski definition) is 1. The second kappa shape index (κ2) is 10.0. The van der Waals surface area contributed by atoms with Crippen LogP contribution in [-0.4, -0.2) is 36.6 Å². The van der Waals surface area contributed by atoms with E-state index in [4.69, 9.17) is 9.47 Å². The summed E-state index contributed by atoms with van der Waals surface area (Å²) in [5.74, 6) is 3.77. The number of pyridine rings is 1. The maximum Gasteiger partial charge on any atom is 0.219 e. The molecule has 166 valence electrons. The van der Waals surface area contributed by atoms with Crippen LogP contribution in [0.5, 0.6) is 17.4 Å². The van der Waals surface area contributed by atoms with Crippen LogP contribution in [0.1, 0.15) is 33.6 Å². The highest BCUT2D eigenvalue weighted by atomic mass is 16.5. The first-order chi connectivity index (χ1) is 15.6. The fourth-order valence-electron chi connectivity index (χ4n) is 3.14. The first-order valence-corrected chi connectivity index (χ1v) is 10.8. The number of rotatable bonds is 10. The van der Waals surface area contributed by atoms with Crippen molar-refractivity contribution < 1.29 is 9.47 Å². The molecule has 3 heterocycles. The minimum absolute atomic E-state index is 0.483. The van der Waals surface area contributed by atoms with Gasteiger partial charge in [-0.25, -0.2) is 15.0 Å². The number of ether oxygens (including phenoxy) is 2. The lowest BCUT2D eigenvalue weighted by molar-refractivity contribution is 0.296. The number of hydrogen-bond acceptors (Lipinski definition) is 8. The van der Waals surface area contributed by atoms with Crippen molar-refractivity contribution in [1.82, 2.24) is 29.9 Å². The fraction of sp³-hybridized carbons (Fsp3) is 0.348. The lowest BCUT2D eigenvalue weighted by Crippen LogP contribution is -2.01. The molecule has 0 unspecified atom stereocenters. The quantitative estimate of drug-likeness (QED) is 0.349. The molecule has 3 aromatic heterocycles. The van der Waals surface area contributed by atoms with E-state index in [-0.39, 0.29) is 0 Å². The molecule has 0 radical (unpaired) electrons. The number of nitrogens with zero attached hydrogens (tertiary/aromatic N) is 6. The molecule has 9 heteroatoms. The van der Waals surface area contributed by atoms with E-state index in [1.165, 1.54) is 6.33 Å². The van der Waals surface area contributed by atoms with Crippen LogP contribution in [-0.2, 0) is 6.54 Å². The zero-order valence-electron chi connectivity index (χ0n) is 18.5. The number of benzene rings is 1. The van der Waals surface area contributed by atoms with Crippen molar-refractivity contribution in [3.8, 4) is 17.4 Å². The molecular formula is C23H27N7O2. The summed E-state index contributed by atoms with van der Waals surface area (Å²) >= 11 is 0. The van der Waals surface area contributed by atoms with E-state index < -0.39 is 0 Å². The summed E-state index contributed by atoms with van der Waals surface area (Å²) < 4.78 is 11.7. The molecule has 1 N–H and O–H groups in total. The zero-order valence-corrected chi connectivity index (χ0v) is 18.5. The van der Waals surface area contributed by atoms with Gasteiger partial charge in [0.2, 0.25) is 5.88 Å². The lowest BCUT2D eigenvalue weighted by Gasteiger charge is -2.10. The standard InChI is InChI=1S/C23H27N7O2/c1-4-30-27-14-21(29-30)28-23-19-12-17(7-9-20(19)25-15-26-23)32-22-10-8-18(13-24-22)31-11-5-6-16(2)3/h7-10,12-16H,4-6,11H2,1-3H3,(H,25,26,28,29). The molecule has 0 aliphatic rings. The minimum Gasteiger partial charge on any atom is -0.492 e. The van der Waals surface area contributed by atoms with Gasteiger partial charge < -0.3 is 14.8 Å². The maximum atomic E-state index is 5.94. The van der Waals surface area contributed by atoms with Crippen molar-refractivity contribution in [3.05, 3.63) is 49.1 Å². The highest BCUT2D eigenvalue weighted by molar-refractivity contribution is 5.91. The van der Waals surface area contributed by atoms with Gasteiger partial charge in [0, 0.05) is 11.5 Å². The van der Waals surface area contributed by atoms with E-state index in [2.05, 4.69) is 44.3 Å². The summed E-state index contributed by atoms with van der Waals surface area (Å²) in [6.07, 6.45) is 7.03. The summed E-state index contributed by atoms with van der Waals surface area (Å²) in [5, 5.41) is 12.5. The summed E-state index contributed by atoms with van der Waals surface area (Å²) in [6.45, 7) is 7.78. The van der Waals surface area contributed by atoms with Gasteiger partial charge in [0.1, 0.15) is 23.6 Å². The Morgan fingerprint density at radius 1 is 1.03 bits per heavy atom. The Bertz CT molecular complexity index is 1160. The van der Waals surface area contributed by atoms with Crippen molar-refractivity contribution in [2.45, 2.75) is 40.2 Å². The molecule has 0 spiro atoms. The van der Waals surface area contributed by atoms with Crippen molar-refractivity contribution >= 4 is 22.5 Å². The number of aromatic nitrogens is 6. The Kier molecular flexibility index (Phi) is 6.74. The molecule has 1 aromatic carbocycles. The summed E-state index contributed by atoms with van der Waals surface area (Å²) in [5.41, 5.74) is 0.788. The Morgan fingerprint density at radius 3 is 2.66 bits per heavy atom. The SMILES string of the molecule is CCn1ncc(Nc2ncnc3ccc(Oc4ccc(OCCCC(C)C)cn4)cc23)n1. The summed E-state index contributed by atoms with van der Waals surface area (Å²) in [6, 6.07) is 9.27. The Balaban J connectivity index is 1.45.